The van der Waals surface area contributed by atoms with E-state index in [0.717, 1.165) is 23.6 Å². The molecule has 0 N–H and O–H groups in total. The number of benzene rings is 1. The molecule has 0 atom stereocenters. The van der Waals surface area contributed by atoms with Gasteiger partial charge in [0, 0.05) is 18.4 Å². The van der Waals surface area contributed by atoms with Gasteiger partial charge in [-0.15, -0.1) is 0 Å². The molecule has 0 amide bonds. The Bertz CT molecular complexity index is 570. The van der Waals surface area contributed by atoms with E-state index in [1.807, 2.05) is 48.2 Å². The molecule has 0 fully saturated rings. The molecule has 2 rings (SSSR count). The summed E-state index contributed by atoms with van der Waals surface area (Å²) in [6.07, 6.45) is 1.75. The summed E-state index contributed by atoms with van der Waals surface area (Å²) in [5, 5.41) is 9.27. The van der Waals surface area contributed by atoms with E-state index < -0.39 is 0 Å². The van der Waals surface area contributed by atoms with Gasteiger partial charge in [0.2, 0.25) is 0 Å². The number of para-hydroxylation sites is 1. The second-order valence-corrected chi connectivity index (χ2v) is 4.02. The lowest BCUT2D eigenvalue weighted by Gasteiger charge is -2.23. The van der Waals surface area contributed by atoms with Crippen LogP contribution in [0.2, 0.25) is 0 Å². The maximum Gasteiger partial charge on any atom is 0.151 e. The molecule has 0 aliphatic carbocycles. The van der Waals surface area contributed by atoms with Crippen LogP contribution in [0, 0.1) is 18.3 Å². The molecular weight excluding hydrogens is 222 g/mol. The first-order valence-electron chi connectivity index (χ1n) is 5.96. The summed E-state index contributed by atoms with van der Waals surface area (Å²) in [5.41, 5.74) is 2.65. The van der Waals surface area contributed by atoms with Crippen molar-refractivity contribution in [3.8, 4) is 6.07 Å². The minimum atomic E-state index is 0.642. The van der Waals surface area contributed by atoms with Gasteiger partial charge in [0.25, 0.3) is 0 Å². The first kappa shape index (κ1) is 12.1. The van der Waals surface area contributed by atoms with Gasteiger partial charge in [-0.05, 0) is 37.6 Å². The summed E-state index contributed by atoms with van der Waals surface area (Å²) in [6, 6.07) is 14.1. The molecule has 1 aromatic carbocycles. The molecule has 3 heteroatoms. The molecule has 1 aromatic heterocycles. The molecule has 90 valence electrons. The lowest BCUT2D eigenvalue weighted by molar-refractivity contribution is 0.982. The van der Waals surface area contributed by atoms with Gasteiger partial charge in [-0.2, -0.15) is 5.26 Å². The van der Waals surface area contributed by atoms with Gasteiger partial charge in [-0.25, -0.2) is 4.98 Å². The van der Waals surface area contributed by atoms with E-state index in [9.17, 15) is 5.26 Å². The maximum absolute atomic E-state index is 9.27. The summed E-state index contributed by atoms with van der Waals surface area (Å²) >= 11 is 0. The molecule has 1 heterocycles. The molecule has 0 aliphatic heterocycles. The van der Waals surface area contributed by atoms with Crippen molar-refractivity contribution in [2.45, 2.75) is 13.8 Å². The van der Waals surface area contributed by atoms with E-state index in [2.05, 4.69) is 18.0 Å². The molecule has 0 saturated carbocycles. The van der Waals surface area contributed by atoms with Gasteiger partial charge in [-0.3, -0.25) is 0 Å². The number of nitriles is 1. The van der Waals surface area contributed by atoms with E-state index >= 15 is 0 Å². The van der Waals surface area contributed by atoms with Crippen LogP contribution in [0.1, 0.15) is 18.1 Å². The number of aromatic nitrogens is 1. The fraction of sp³-hybridized carbons (Fsp3) is 0.200. The lowest BCUT2D eigenvalue weighted by Crippen LogP contribution is -2.18. The molecule has 0 aliphatic rings. The Kier molecular flexibility index (Phi) is 3.59. The van der Waals surface area contributed by atoms with Gasteiger partial charge in [0.1, 0.15) is 6.07 Å². The Morgan fingerprint density at radius 2 is 1.94 bits per heavy atom. The van der Waals surface area contributed by atoms with E-state index in [0.29, 0.717) is 5.56 Å². The van der Waals surface area contributed by atoms with Crippen LogP contribution in [-0.2, 0) is 0 Å². The Balaban J connectivity index is 2.53. The van der Waals surface area contributed by atoms with Crippen molar-refractivity contribution in [3.63, 3.8) is 0 Å². The zero-order chi connectivity index (χ0) is 13.0. The molecule has 2 aromatic rings. The summed E-state index contributed by atoms with van der Waals surface area (Å²) < 4.78 is 0. The second kappa shape index (κ2) is 5.33. The SMILES string of the molecule is CCN(c1ccccc1)c1nccc(C)c1C#N. The van der Waals surface area contributed by atoms with Crippen LogP contribution < -0.4 is 4.90 Å². The van der Waals surface area contributed by atoms with Gasteiger partial charge in [-0.1, -0.05) is 18.2 Å². The molecule has 18 heavy (non-hydrogen) atoms. The molecule has 0 bridgehead atoms. The first-order valence-corrected chi connectivity index (χ1v) is 5.96. The topological polar surface area (TPSA) is 39.9 Å². The van der Waals surface area contributed by atoms with Crippen molar-refractivity contribution in [1.82, 2.24) is 4.98 Å². The number of anilines is 2. The summed E-state index contributed by atoms with van der Waals surface area (Å²) in [7, 11) is 0. The number of rotatable bonds is 3. The minimum Gasteiger partial charge on any atom is -0.326 e. The maximum atomic E-state index is 9.27. The number of nitrogens with zero attached hydrogens (tertiary/aromatic N) is 3. The third kappa shape index (κ3) is 2.18. The van der Waals surface area contributed by atoms with Gasteiger partial charge in [0.15, 0.2) is 5.82 Å². The summed E-state index contributed by atoms with van der Waals surface area (Å²) in [6.45, 7) is 4.76. The number of hydrogen-bond acceptors (Lipinski definition) is 3. The zero-order valence-electron chi connectivity index (χ0n) is 10.6. The third-order valence-corrected chi connectivity index (χ3v) is 2.89. The van der Waals surface area contributed by atoms with E-state index in [4.69, 9.17) is 0 Å². The zero-order valence-corrected chi connectivity index (χ0v) is 10.6. The highest BCUT2D eigenvalue weighted by Gasteiger charge is 2.14. The largest absolute Gasteiger partial charge is 0.326 e. The van der Waals surface area contributed by atoms with Crippen molar-refractivity contribution >= 4 is 11.5 Å². The molecule has 3 nitrogen and oxygen atoms in total. The Labute approximate surface area is 107 Å². The fourth-order valence-electron chi connectivity index (χ4n) is 1.95. The average Bonchev–Trinajstić information content (AvgIpc) is 2.41. The van der Waals surface area contributed by atoms with Crippen molar-refractivity contribution in [2.75, 3.05) is 11.4 Å². The van der Waals surface area contributed by atoms with Crippen LogP contribution >= 0.6 is 0 Å². The first-order chi connectivity index (χ1) is 8.77. The second-order valence-electron chi connectivity index (χ2n) is 4.02. The Morgan fingerprint density at radius 3 is 2.56 bits per heavy atom. The number of pyridine rings is 1. The quantitative estimate of drug-likeness (QED) is 0.821. The molecular formula is C15H15N3. The average molecular weight is 237 g/mol. The van der Waals surface area contributed by atoms with E-state index in [-0.39, 0.29) is 0 Å². The Hall–Kier alpha value is -2.34. The monoisotopic (exact) mass is 237 g/mol. The van der Waals surface area contributed by atoms with Crippen LogP contribution in [0.4, 0.5) is 11.5 Å². The van der Waals surface area contributed by atoms with Gasteiger partial charge >= 0.3 is 0 Å². The summed E-state index contributed by atoms with van der Waals surface area (Å²) in [5.74, 6) is 0.728. The van der Waals surface area contributed by atoms with Gasteiger partial charge < -0.3 is 4.90 Å². The van der Waals surface area contributed by atoms with Crippen molar-refractivity contribution < 1.29 is 0 Å². The van der Waals surface area contributed by atoms with Crippen LogP contribution in [0.3, 0.4) is 0 Å². The normalized spacial score (nSPS) is 9.83. The highest BCUT2D eigenvalue weighted by molar-refractivity contribution is 5.66. The minimum absolute atomic E-state index is 0.642. The predicted octanol–water partition coefficient (Wildman–Crippen LogP) is 3.42. The van der Waals surface area contributed by atoms with E-state index in [1.165, 1.54) is 0 Å². The number of hydrogen-bond donors (Lipinski definition) is 0. The van der Waals surface area contributed by atoms with Crippen molar-refractivity contribution in [3.05, 3.63) is 53.7 Å². The molecule has 0 radical (unpaired) electrons. The third-order valence-electron chi connectivity index (χ3n) is 2.89. The fourth-order valence-corrected chi connectivity index (χ4v) is 1.95. The van der Waals surface area contributed by atoms with Crippen LogP contribution in [-0.4, -0.2) is 11.5 Å². The van der Waals surface area contributed by atoms with E-state index in [1.54, 1.807) is 6.20 Å². The van der Waals surface area contributed by atoms with Crippen LogP contribution in [0.5, 0.6) is 0 Å². The standard InChI is InChI=1S/C15H15N3/c1-3-18(13-7-5-4-6-8-13)15-14(11-16)12(2)9-10-17-15/h4-10H,3H2,1-2H3. The Morgan fingerprint density at radius 1 is 1.22 bits per heavy atom. The molecule has 0 unspecified atom stereocenters. The summed E-state index contributed by atoms with van der Waals surface area (Å²) in [4.78, 5) is 6.41. The predicted molar refractivity (Wildman–Crippen MR) is 72.8 cm³/mol. The molecule has 0 spiro atoms. The van der Waals surface area contributed by atoms with Gasteiger partial charge in [0.05, 0.1) is 5.56 Å². The smallest absolute Gasteiger partial charge is 0.151 e. The highest BCUT2D eigenvalue weighted by atomic mass is 15.2. The highest BCUT2D eigenvalue weighted by Crippen LogP contribution is 2.27. The van der Waals surface area contributed by atoms with Crippen LogP contribution in [0.15, 0.2) is 42.6 Å². The molecule has 0 saturated heterocycles. The van der Waals surface area contributed by atoms with Crippen molar-refractivity contribution in [1.29, 1.82) is 5.26 Å². The lowest BCUT2D eigenvalue weighted by atomic mass is 10.1. The number of aryl methyl sites for hydroxylation is 1. The van der Waals surface area contributed by atoms with Crippen LogP contribution in [0.25, 0.3) is 0 Å². The van der Waals surface area contributed by atoms with Crippen molar-refractivity contribution in [2.24, 2.45) is 0 Å².